The van der Waals surface area contributed by atoms with Crippen molar-refractivity contribution >= 4 is 36.9 Å². The predicted octanol–water partition coefficient (Wildman–Crippen LogP) is 3.17. The van der Waals surface area contributed by atoms with Gasteiger partial charge in [-0.25, -0.2) is 18.4 Å². The van der Waals surface area contributed by atoms with E-state index in [0.717, 1.165) is 5.56 Å². The highest BCUT2D eigenvalue weighted by atomic mass is 79.9. The molecular weight excluding hydrogens is 354 g/mol. The summed E-state index contributed by atoms with van der Waals surface area (Å²) in [6.45, 7) is 3.66. The molecule has 1 N–H and O–H groups in total. The van der Waals surface area contributed by atoms with Gasteiger partial charge in [0.25, 0.3) is 0 Å². The lowest BCUT2D eigenvalue weighted by molar-refractivity contribution is 0.591. The van der Waals surface area contributed by atoms with Crippen LogP contribution < -0.4 is 0 Å². The van der Waals surface area contributed by atoms with Gasteiger partial charge in [-0.3, -0.25) is 0 Å². The van der Waals surface area contributed by atoms with E-state index in [1.54, 1.807) is 25.3 Å². The van der Waals surface area contributed by atoms with Gasteiger partial charge < -0.3 is 4.98 Å². The Labute approximate surface area is 130 Å². The number of hydrogen-bond acceptors (Lipinski definition) is 4. The molecule has 21 heavy (non-hydrogen) atoms. The maximum Gasteiger partial charge on any atom is 0.226 e. The third-order valence-corrected chi connectivity index (χ3v) is 6.15. The minimum atomic E-state index is -3.73. The molecule has 2 heterocycles. The lowest BCUT2D eigenvalue weighted by Gasteiger charge is -2.11. The fourth-order valence-electron chi connectivity index (χ4n) is 2.13. The Kier molecular flexibility index (Phi) is 3.33. The number of rotatable bonds is 2. The fourth-order valence-corrected chi connectivity index (χ4v) is 4.71. The maximum absolute atomic E-state index is 12.9. The lowest BCUT2D eigenvalue weighted by Crippen LogP contribution is -2.08. The van der Waals surface area contributed by atoms with Gasteiger partial charge in [0.15, 0.2) is 10.7 Å². The quantitative estimate of drug-likeness (QED) is 0.756. The Bertz CT molecular complexity index is 948. The first kappa shape index (κ1) is 14.2. The summed E-state index contributed by atoms with van der Waals surface area (Å²) >= 11 is 3.32. The van der Waals surface area contributed by atoms with Crippen molar-refractivity contribution in [1.82, 2.24) is 15.0 Å². The summed E-state index contributed by atoms with van der Waals surface area (Å²) in [4.78, 5) is 11.4. The van der Waals surface area contributed by atoms with Crippen LogP contribution in [-0.4, -0.2) is 23.4 Å². The molecule has 0 spiro atoms. The van der Waals surface area contributed by atoms with Gasteiger partial charge in [0.2, 0.25) is 9.84 Å². The first-order valence-corrected chi connectivity index (χ1v) is 8.50. The molecule has 0 atom stereocenters. The van der Waals surface area contributed by atoms with E-state index in [1.165, 1.54) is 6.20 Å². The highest BCUT2D eigenvalue weighted by Crippen LogP contribution is 2.31. The normalized spacial score (nSPS) is 12.0. The smallest absolute Gasteiger partial charge is 0.226 e. The van der Waals surface area contributed by atoms with Crippen LogP contribution in [0.15, 0.2) is 45.0 Å². The Morgan fingerprint density at radius 1 is 1.19 bits per heavy atom. The van der Waals surface area contributed by atoms with E-state index in [0.29, 0.717) is 21.2 Å². The Morgan fingerprint density at radius 3 is 2.71 bits per heavy atom. The van der Waals surface area contributed by atoms with E-state index in [2.05, 4.69) is 30.9 Å². The fraction of sp³-hybridized carbons (Fsp3) is 0.143. The first-order chi connectivity index (χ1) is 9.91. The molecule has 0 aliphatic carbocycles. The number of aromatic nitrogens is 3. The average molecular weight is 366 g/mol. The van der Waals surface area contributed by atoms with Crippen molar-refractivity contribution in [3.05, 3.63) is 46.2 Å². The first-order valence-electron chi connectivity index (χ1n) is 6.22. The molecule has 0 fully saturated rings. The molecule has 1 aromatic carbocycles. The van der Waals surface area contributed by atoms with Crippen molar-refractivity contribution in [1.29, 1.82) is 0 Å². The highest BCUT2D eigenvalue weighted by molar-refractivity contribution is 9.10. The molecule has 0 radical (unpaired) electrons. The molecule has 0 unspecified atom stereocenters. The molecule has 0 aliphatic heterocycles. The third-order valence-electron chi connectivity index (χ3n) is 3.41. The van der Waals surface area contributed by atoms with E-state index in [-0.39, 0.29) is 9.92 Å². The van der Waals surface area contributed by atoms with E-state index < -0.39 is 9.84 Å². The Hall–Kier alpha value is -1.73. The van der Waals surface area contributed by atoms with Gasteiger partial charge in [-0.15, -0.1) is 0 Å². The van der Waals surface area contributed by atoms with Crippen LogP contribution in [0.5, 0.6) is 0 Å². The van der Waals surface area contributed by atoms with Crippen LogP contribution >= 0.6 is 15.9 Å². The van der Waals surface area contributed by atoms with Crippen molar-refractivity contribution in [2.24, 2.45) is 0 Å². The summed E-state index contributed by atoms with van der Waals surface area (Å²) in [5, 5.41) is -0.0519. The van der Waals surface area contributed by atoms with E-state index in [1.807, 2.05) is 13.0 Å². The monoisotopic (exact) mass is 365 g/mol. The number of nitrogens with one attached hydrogen (secondary N) is 1. The molecule has 0 aliphatic rings. The van der Waals surface area contributed by atoms with Crippen molar-refractivity contribution in [2.45, 2.75) is 23.8 Å². The van der Waals surface area contributed by atoms with Gasteiger partial charge >= 0.3 is 0 Å². The van der Waals surface area contributed by atoms with Crippen LogP contribution in [0, 0.1) is 13.8 Å². The molecule has 108 valence electrons. The number of H-pyrrole nitrogens is 1. The third kappa shape index (κ3) is 2.26. The summed E-state index contributed by atoms with van der Waals surface area (Å²) in [7, 11) is -3.73. The summed E-state index contributed by atoms with van der Waals surface area (Å²) in [6.07, 6.45) is 2.96. The molecule has 0 bridgehead atoms. The largest absolute Gasteiger partial charge is 0.345 e. The minimum Gasteiger partial charge on any atom is -0.345 e. The summed E-state index contributed by atoms with van der Waals surface area (Å²) < 4.78 is 26.2. The van der Waals surface area contributed by atoms with Gasteiger partial charge in [-0.05, 0) is 53.0 Å². The molecule has 3 rings (SSSR count). The van der Waals surface area contributed by atoms with Gasteiger partial charge in [0.1, 0.15) is 5.52 Å². The van der Waals surface area contributed by atoms with Gasteiger partial charge in [0.05, 0.1) is 11.1 Å². The standard InChI is InChI=1S/C14H12BrN3O2S/c1-8-3-4-10(15)13(9(8)2)21(19,20)12-7-17-14-11(18-12)5-6-16-14/h3-7H,1-2H3,(H,16,17). The van der Waals surface area contributed by atoms with Crippen LogP contribution in [0.25, 0.3) is 11.2 Å². The maximum atomic E-state index is 12.9. The molecular formula is C14H12BrN3O2S. The number of halogens is 1. The van der Waals surface area contributed by atoms with Crippen molar-refractivity contribution in [2.75, 3.05) is 0 Å². The Morgan fingerprint density at radius 2 is 1.95 bits per heavy atom. The number of sulfone groups is 1. The van der Waals surface area contributed by atoms with Crippen molar-refractivity contribution < 1.29 is 8.42 Å². The number of aryl methyl sites for hydroxylation is 1. The molecule has 0 saturated heterocycles. The highest BCUT2D eigenvalue weighted by Gasteiger charge is 2.25. The predicted molar refractivity (Wildman–Crippen MR) is 83.0 cm³/mol. The summed E-state index contributed by atoms with van der Waals surface area (Å²) in [5.74, 6) is 0. The minimum absolute atomic E-state index is 0.0519. The number of nitrogens with zero attached hydrogens (tertiary/aromatic N) is 2. The van der Waals surface area contributed by atoms with Gasteiger partial charge in [-0.2, -0.15) is 0 Å². The molecule has 0 saturated carbocycles. The summed E-state index contributed by atoms with van der Waals surface area (Å²) in [6, 6.07) is 5.30. The van der Waals surface area contributed by atoms with Crippen LogP contribution in [0.3, 0.4) is 0 Å². The van der Waals surface area contributed by atoms with E-state index in [9.17, 15) is 8.42 Å². The van der Waals surface area contributed by atoms with Crippen LogP contribution in [0.4, 0.5) is 0 Å². The number of benzene rings is 1. The molecule has 3 aromatic rings. The molecule has 5 nitrogen and oxygen atoms in total. The summed E-state index contributed by atoms with van der Waals surface area (Å²) in [5.41, 5.74) is 2.71. The average Bonchev–Trinajstić information content (AvgIpc) is 2.90. The van der Waals surface area contributed by atoms with Crippen molar-refractivity contribution in [3.63, 3.8) is 0 Å². The topological polar surface area (TPSA) is 75.7 Å². The number of aromatic amines is 1. The Balaban J connectivity index is 2.27. The zero-order chi connectivity index (χ0) is 15.2. The lowest BCUT2D eigenvalue weighted by atomic mass is 10.1. The SMILES string of the molecule is Cc1ccc(Br)c(S(=O)(=O)c2cnc3[nH]ccc3n2)c1C. The van der Waals surface area contributed by atoms with Gasteiger partial charge in [-0.1, -0.05) is 6.07 Å². The molecule has 0 amide bonds. The second-order valence-corrected chi connectivity index (χ2v) is 7.43. The second kappa shape index (κ2) is 4.92. The zero-order valence-electron chi connectivity index (χ0n) is 11.4. The molecule has 2 aromatic heterocycles. The number of fused-ring (bicyclic) bond motifs is 1. The van der Waals surface area contributed by atoms with Crippen LogP contribution in [0.1, 0.15) is 11.1 Å². The van der Waals surface area contributed by atoms with Crippen LogP contribution in [0.2, 0.25) is 0 Å². The molecule has 7 heteroatoms. The van der Waals surface area contributed by atoms with Gasteiger partial charge in [0, 0.05) is 10.7 Å². The zero-order valence-corrected chi connectivity index (χ0v) is 13.8. The van der Waals surface area contributed by atoms with Crippen LogP contribution in [-0.2, 0) is 9.84 Å². The second-order valence-electron chi connectivity index (χ2n) is 4.74. The van der Waals surface area contributed by atoms with E-state index >= 15 is 0 Å². The van der Waals surface area contributed by atoms with Crippen molar-refractivity contribution in [3.8, 4) is 0 Å². The number of hydrogen-bond donors (Lipinski definition) is 1. The van der Waals surface area contributed by atoms with E-state index in [4.69, 9.17) is 0 Å².